The van der Waals surface area contributed by atoms with Crippen molar-refractivity contribution < 1.29 is 9.53 Å². The largest absolute Gasteiger partial charge is 0.497 e. The van der Waals surface area contributed by atoms with Crippen molar-refractivity contribution in [1.29, 1.82) is 5.26 Å². The molecule has 0 saturated heterocycles. The van der Waals surface area contributed by atoms with E-state index in [9.17, 15) is 4.79 Å². The van der Waals surface area contributed by atoms with Crippen molar-refractivity contribution in [3.05, 3.63) is 94.5 Å². The molecule has 1 amide bonds. The van der Waals surface area contributed by atoms with Crippen LogP contribution in [0.1, 0.15) is 22.6 Å². The van der Waals surface area contributed by atoms with Crippen molar-refractivity contribution >= 4 is 23.2 Å². The predicted molar refractivity (Wildman–Crippen MR) is 114 cm³/mol. The number of nitrogens with one attached hydrogen (secondary N) is 1. The van der Waals surface area contributed by atoms with Gasteiger partial charge >= 0.3 is 0 Å². The Balaban J connectivity index is 1.88. The number of methoxy groups -OCH3 is 1. The van der Waals surface area contributed by atoms with Gasteiger partial charge in [-0.05, 0) is 48.0 Å². The summed E-state index contributed by atoms with van der Waals surface area (Å²) < 4.78 is 5.15. The lowest BCUT2D eigenvalue weighted by Gasteiger charge is -2.12. The SMILES string of the molecule is COc1ccc(C#CC(C(=O)Nc2ccc(C#N)c(Cl)c2)c2ccccc2)cc1. The van der Waals surface area contributed by atoms with Crippen LogP contribution in [0.2, 0.25) is 5.02 Å². The molecule has 0 fully saturated rings. The molecule has 4 nitrogen and oxygen atoms in total. The standard InChI is InChI=1S/C24H17ClN2O2/c1-29-21-12-7-17(8-13-21)9-14-22(18-5-3-2-4-6-18)24(28)27-20-11-10-19(16-26)23(25)15-20/h2-8,10-13,15,22H,1H3,(H,27,28). The maximum absolute atomic E-state index is 13.0. The number of benzene rings is 3. The minimum atomic E-state index is -0.673. The summed E-state index contributed by atoms with van der Waals surface area (Å²) in [5.41, 5.74) is 2.42. The number of halogens is 1. The average Bonchev–Trinajstić information content (AvgIpc) is 2.75. The van der Waals surface area contributed by atoms with Gasteiger partial charge in [-0.3, -0.25) is 4.79 Å². The fourth-order valence-corrected chi connectivity index (χ4v) is 2.90. The van der Waals surface area contributed by atoms with E-state index in [0.29, 0.717) is 11.3 Å². The number of ether oxygens (including phenoxy) is 1. The Morgan fingerprint density at radius 1 is 1.07 bits per heavy atom. The Kier molecular flexibility index (Phi) is 6.53. The lowest BCUT2D eigenvalue weighted by Crippen LogP contribution is -2.20. The number of anilines is 1. The van der Waals surface area contributed by atoms with Gasteiger partial charge in [0.1, 0.15) is 17.7 Å². The van der Waals surface area contributed by atoms with Crippen LogP contribution in [0.3, 0.4) is 0 Å². The monoisotopic (exact) mass is 400 g/mol. The van der Waals surface area contributed by atoms with Gasteiger partial charge in [0.25, 0.3) is 0 Å². The number of hydrogen-bond donors (Lipinski definition) is 1. The molecule has 0 radical (unpaired) electrons. The van der Waals surface area contributed by atoms with Crippen molar-refractivity contribution in [3.63, 3.8) is 0 Å². The number of carbonyl (C=O) groups excluding carboxylic acids is 1. The Labute approximate surface area is 174 Å². The Hall–Kier alpha value is -3.73. The molecule has 0 heterocycles. The molecule has 3 rings (SSSR count). The van der Waals surface area contributed by atoms with Crippen LogP contribution in [0.15, 0.2) is 72.8 Å². The maximum Gasteiger partial charge on any atom is 0.244 e. The lowest BCUT2D eigenvalue weighted by molar-refractivity contribution is -0.116. The molecular weight excluding hydrogens is 384 g/mol. The average molecular weight is 401 g/mol. The number of nitriles is 1. The third-order valence-electron chi connectivity index (χ3n) is 4.20. The van der Waals surface area contributed by atoms with Crippen LogP contribution in [0.4, 0.5) is 5.69 Å². The minimum absolute atomic E-state index is 0.280. The predicted octanol–water partition coefficient (Wildman–Crippen LogP) is 4.99. The first-order valence-electron chi connectivity index (χ1n) is 8.82. The fraction of sp³-hybridized carbons (Fsp3) is 0.0833. The molecule has 0 saturated carbocycles. The highest BCUT2D eigenvalue weighted by molar-refractivity contribution is 6.32. The zero-order valence-corrected chi connectivity index (χ0v) is 16.4. The molecule has 0 spiro atoms. The molecule has 3 aromatic carbocycles. The van der Waals surface area contributed by atoms with E-state index in [-0.39, 0.29) is 10.9 Å². The van der Waals surface area contributed by atoms with Crippen molar-refractivity contribution in [2.45, 2.75) is 5.92 Å². The molecule has 3 aromatic rings. The molecule has 0 aliphatic heterocycles. The normalized spacial score (nSPS) is 10.8. The zero-order valence-electron chi connectivity index (χ0n) is 15.6. The Bertz CT molecular complexity index is 1110. The first-order valence-corrected chi connectivity index (χ1v) is 9.19. The highest BCUT2D eigenvalue weighted by atomic mass is 35.5. The molecule has 1 unspecified atom stereocenters. The molecule has 0 aliphatic rings. The van der Waals surface area contributed by atoms with Crippen LogP contribution in [0.25, 0.3) is 0 Å². The highest BCUT2D eigenvalue weighted by Gasteiger charge is 2.18. The second-order valence-corrected chi connectivity index (χ2v) is 6.54. The molecule has 5 heteroatoms. The first-order chi connectivity index (χ1) is 14.1. The van der Waals surface area contributed by atoms with Gasteiger partial charge in [-0.15, -0.1) is 0 Å². The summed E-state index contributed by atoms with van der Waals surface area (Å²) in [6, 6.07) is 23.4. The van der Waals surface area contributed by atoms with Crippen molar-refractivity contribution in [1.82, 2.24) is 0 Å². The van der Waals surface area contributed by atoms with Crippen LogP contribution in [0, 0.1) is 23.2 Å². The van der Waals surface area contributed by atoms with E-state index in [2.05, 4.69) is 17.2 Å². The Morgan fingerprint density at radius 3 is 2.41 bits per heavy atom. The van der Waals surface area contributed by atoms with Crippen LogP contribution in [0.5, 0.6) is 5.75 Å². The molecule has 29 heavy (non-hydrogen) atoms. The number of carbonyl (C=O) groups is 1. The third kappa shape index (κ3) is 5.17. The molecule has 1 atom stereocenters. The Morgan fingerprint density at radius 2 is 1.79 bits per heavy atom. The van der Waals surface area contributed by atoms with E-state index in [1.165, 1.54) is 0 Å². The topological polar surface area (TPSA) is 62.1 Å². The molecule has 0 aliphatic carbocycles. The summed E-state index contributed by atoms with van der Waals surface area (Å²) in [7, 11) is 1.60. The van der Waals surface area contributed by atoms with E-state index in [1.807, 2.05) is 60.7 Å². The summed E-state index contributed by atoms with van der Waals surface area (Å²) >= 11 is 6.06. The quantitative estimate of drug-likeness (QED) is 0.627. The van der Waals surface area contributed by atoms with Gasteiger partial charge in [-0.1, -0.05) is 53.8 Å². The molecule has 142 valence electrons. The maximum atomic E-state index is 13.0. The van der Waals surface area contributed by atoms with Gasteiger partial charge in [0.05, 0.1) is 17.7 Å². The molecule has 1 N–H and O–H groups in total. The van der Waals surface area contributed by atoms with E-state index in [0.717, 1.165) is 16.9 Å². The number of rotatable bonds is 4. The highest BCUT2D eigenvalue weighted by Crippen LogP contribution is 2.23. The van der Waals surface area contributed by atoms with Crippen LogP contribution in [-0.2, 0) is 4.79 Å². The molecular formula is C24H17ClN2O2. The smallest absolute Gasteiger partial charge is 0.244 e. The second-order valence-electron chi connectivity index (χ2n) is 6.14. The van der Waals surface area contributed by atoms with Crippen molar-refractivity contribution in [2.24, 2.45) is 0 Å². The number of nitrogens with zero attached hydrogens (tertiary/aromatic N) is 1. The van der Waals surface area contributed by atoms with Gasteiger partial charge < -0.3 is 10.1 Å². The van der Waals surface area contributed by atoms with Crippen molar-refractivity contribution in [3.8, 4) is 23.7 Å². The van der Waals surface area contributed by atoms with E-state index >= 15 is 0 Å². The van der Waals surface area contributed by atoms with E-state index < -0.39 is 5.92 Å². The molecule has 0 aromatic heterocycles. The third-order valence-corrected chi connectivity index (χ3v) is 4.52. The van der Waals surface area contributed by atoms with Gasteiger partial charge in [0.2, 0.25) is 5.91 Å². The summed E-state index contributed by atoms with van der Waals surface area (Å²) in [4.78, 5) is 13.0. The van der Waals surface area contributed by atoms with Crippen LogP contribution in [-0.4, -0.2) is 13.0 Å². The summed E-state index contributed by atoms with van der Waals surface area (Å²) in [6.45, 7) is 0. The fourth-order valence-electron chi connectivity index (χ4n) is 2.67. The van der Waals surface area contributed by atoms with Gasteiger partial charge in [-0.25, -0.2) is 0 Å². The van der Waals surface area contributed by atoms with Gasteiger partial charge in [0, 0.05) is 11.3 Å². The summed E-state index contributed by atoms with van der Waals surface area (Å²) in [5.74, 6) is 5.90. The first kappa shape index (κ1) is 20.0. The van der Waals surface area contributed by atoms with Crippen molar-refractivity contribution in [2.75, 3.05) is 12.4 Å². The lowest BCUT2D eigenvalue weighted by atomic mass is 9.98. The number of hydrogen-bond acceptors (Lipinski definition) is 3. The van der Waals surface area contributed by atoms with Crippen LogP contribution < -0.4 is 10.1 Å². The molecule has 0 bridgehead atoms. The van der Waals surface area contributed by atoms with Crippen LogP contribution >= 0.6 is 11.6 Å². The second kappa shape index (κ2) is 9.46. The van der Waals surface area contributed by atoms with Gasteiger partial charge in [-0.2, -0.15) is 5.26 Å². The zero-order chi connectivity index (χ0) is 20.6. The van der Waals surface area contributed by atoms with Gasteiger partial charge in [0.15, 0.2) is 0 Å². The summed E-state index contributed by atoms with van der Waals surface area (Å²) in [5, 5.41) is 12.1. The summed E-state index contributed by atoms with van der Waals surface area (Å²) in [6.07, 6.45) is 0. The van der Waals surface area contributed by atoms with E-state index in [1.54, 1.807) is 25.3 Å². The minimum Gasteiger partial charge on any atom is -0.497 e. The number of amides is 1. The van der Waals surface area contributed by atoms with E-state index in [4.69, 9.17) is 21.6 Å².